The Labute approximate surface area is 76.6 Å². The molecule has 1 amide bonds. The minimum absolute atomic E-state index is 0.00204. The summed E-state index contributed by atoms with van der Waals surface area (Å²) < 4.78 is 0. The van der Waals surface area contributed by atoms with Gasteiger partial charge in [-0.25, -0.2) is 0 Å². The molecule has 4 nitrogen and oxygen atoms in total. The molecule has 0 spiro atoms. The predicted molar refractivity (Wildman–Crippen MR) is 50.9 cm³/mol. The van der Waals surface area contributed by atoms with Crippen LogP contribution in [-0.2, 0) is 4.79 Å². The Morgan fingerprint density at radius 2 is 2.08 bits per heavy atom. The second kappa shape index (κ2) is 4.69. The maximum Gasteiger partial charge on any atom is 0.240 e. The molecule has 0 saturated carbocycles. The highest BCUT2D eigenvalue weighted by atomic mass is 32.2. The standard InChI is InChI=1S/C7H15N3OS/c8-5-6(9)7(11)10-1-3-12-4-2-10/h6H,1-5,8-9H2/t6-/m1/s1. The molecule has 1 rings (SSSR count). The van der Waals surface area contributed by atoms with Crippen molar-refractivity contribution in [2.45, 2.75) is 6.04 Å². The van der Waals surface area contributed by atoms with Gasteiger partial charge in [-0.1, -0.05) is 0 Å². The van der Waals surface area contributed by atoms with Crippen LogP contribution in [0.25, 0.3) is 0 Å². The molecular weight excluding hydrogens is 174 g/mol. The minimum atomic E-state index is -0.506. The number of carbonyl (C=O) groups is 1. The number of rotatable bonds is 2. The number of hydrogen-bond acceptors (Lipinski definition) is 4. The fraction of sp³-hybridized carbons (Fsp3) is 0.857. The van der Waals surface area contributed by atoms with Gasteiger partial charge in [0.25, 0.3) is 0 Å². The highest BCUT2D eigenvalue weighted by molar-refractivity contribution is 7.99. The molecule has 12 heavy (non-hydrogen) atoms. The van der Waals surface area contributed by atoms with E-state index in [0.29, 0.717) is 0 Å². The molecule has 0 aromatic heterocycles. The normalized spacial score (nSPS) is 20.7. The summed E-state index contributed by atoms with van der Waals surface area (Å²) in [4.78, 5) is 13.2. The van der Waals surface area contributed by atoms with Crippen LogP contribution in [-0.4, -0.2) is 48.0 Å². The van der Waals surface area contributed by atoms with E-state index in [2.05, 4.69) is 0 Å². The Kier molecular flexibility index (Phi) is 3.84. The number of nitrogens with two attached hydrogens (primary N) is 2. The summed E-state index contributed by atoms with van der Waals surface area (Å²) in [6.45, 7) is 1.87. The van der Waals surface area contributed by atoms with Crippen LogP contribution >= 0.6 is 11.8 Å². The third-order valence-electron chi connectivity index (χ3n) is 1.89. The Morgan fingerprint density at radius 1 is 1.50 bits per heavy atom. The van der Waals surface area contributed by atoms with Crippen molar-refractivity contribution in [2.24, 2.45) is 11.5 Å². The maximum atomic E-state index is 11.4. The molecular formula is C7H15N3OS. The van der Waals surface area contributed by atoms with Gasteiger partial charge in [-0.2, -0.15) is 11.8 Å². The third-order valence-corrected chi connectivity index (χ3v) is 2.84. The number of amides is 1. The van der Waals surface area contributed by atoms with Crippen LogP contribution in [0, 0.1) is 0 Å². The van der Waals surface area contributed by atoms with Crippen LogP contribution in [0.15, 0.2) is 0 Å². The van der Waals surface area contributed by atoms with Gasteiger partial charge in [0.15, 0.2) is 0 Å². The van der Waals surface area contributed by atoms with E-state index in [4.69, 9.17) is 11.5 Å². The molecule has 1 saturated heterocycles. The van der Waals surface area contributed by atoms with E-state index < -0.39 is 6.04 Å². The highest BCUT2D eigenvalue weighted by Crippen LogP contribution is 2.09. The molecule has 5 heteroatoms. The van der Waals surface area contributed by atoms with Gasteiger partial charge in [0.05, 0.1) is 6.04 Å². The molecule has 1 aliphatic heterocycles. The Bertz CT molecular complexity index is 159. The van der Waals surface area contributed by atoms with Crippen LogP contribution in [0.5, 0.6) is 0 Å². The molecule has 0 aliphatic carbocycles. The lowest BCUT2D eigenvalue weighted by molar-refractivity contribution is -0.131. The van der Waals surface area contributed by atoms with E-state index in [9.17, 15) is 4.79 Å². The molecule has 1 fully saturated rings. The smallest absolute Gasteiger partial charge is 0.240 e. The molecule has 0 unspecified atom stereocenters. The number of nitrogens with zero attached hydrogens (tertiary/aromatic N) is 1. The zero-order valence-electron chi connectivity index (χ0n) is 7.03. The van der Waals surface area contributed by atoms with Gasteiger partial charge >= 0.3 is 0 Å². The van der Waals surface area contributed by atoms with Crippen molar-refractivity contribution in [3.8, 4) is 0 Å². The number of thioether (sulfide) groups is 1. The summed E-state index contributed by atoms with van der Waals surface area (Å²) in [6.07, 6.45) is 0. The lowest BCUT2D eigenvalue weighted by Crippen LogP contribution is -2.50. The molecule has 70 valence electrons. The molecule has 0 aromatic rings. The van der Waals surface area contributed by atoms with E-state index in [1.54, 1.807) is 4.90 Å². The quantitative estimate of drug-likeness (QED) is 0.575. The molecule has 1 heterocycles. The van der Waals surface area contributed by atoms with E-state index in [-0.39, 0.29) is 12.5 Å². The Hall–Kier alpha value is -0.260. The van der Waals surface area contributed by atoms with Crippen LogP contribution < -0.4 is 11.5 Å². The molecule has 0 radical (unpaired) electrons. The first-order chi connectivity index (χ1) is 5.75. The first-order valence-electron chi connectivity index (χ1n) is 4.08. The van der Waals surface area contributed by atoms with Crippen LogP contribution in [0.4, 0.5) is 0 Å². The van der Waals surface area contributed by atoms with E-state index in [1.165, 1.54) is 0 Å². The van der Waals surface area contributed by atoms with Crippen molar-refractivity contribution >= 4 is 17.7 Å². The van der Waals surface area contributed by atoms with Crippen molar-refractivity contribution < 1.29 is 4.79 Å². The van der Waals surface area contributed by atoms with E-state index in [0.717, 1.165) is 24.6 Å². The summed E-state index contributed by atoms with van der Waals surface area (Å²) in [5.74, 6) is 2.03. The second-order valence-electron chi connectivity index (χ2n) is 2.78. The van der Waals surface area contributed by atoms with Gasteiger partial charge in [-0.15, -0.1) is 0 Å². The van der Waals surface area contributed by atoms with Gasteiger partial charge in [-0.3, -0.25) is 4.79 Å². The second-order valence-corrected chi connectivity index (χ2v) is 4.00. The molecule has 0 bridgehead atoms. The SMILES string of the molecule is NC[C@@H](N)C(=O)N1CCSCC1. The predicted octanol–water partition coefficient (Wildman–Crippen LogP) is -1.15. The summed E-state index contributed by atoms with van der Waals surface area (Å²) in [7, 11) is 0. The van der Waals surface area contributed by atoms with Crippen LogP contribution in [0.1, 0.15) is 0 Å². The fourth-order valence-electron chi connectivity index (χ4n) is 1.12. The third kappa shape index (κ3) is 2.36. The largest absolute Gasteiger partial charge is 0.340 e. The first kappa shape index (κ1) is 9.83. The van der Waals surface area contributed by atoms with Crippen molar-refractivity contribution in [3.63, 3.8) is 0 Å². The first-order valence-corrected chi connectivity index (χ1v) is 5.23. The highest BCUT2D eigenvalue weighted by Gasteiger charge is 2.21. The van der Waals surface area contributed by atoms with Crippen LogP contribution in [0.2, 0.25) is 0 Å². The average Bonchev–Trinajstić information content (AvgIpc) is 2.17. The molecule has 1 aliphatic rings. The fourth-order valence-corrected chi connectivity index (χ4v) is 2.02. The lowest BCUT2D eigenvalue weighted by Gasteiger charge is -2.28. The van der Waals surface area contributed by atoms with Gasteiger partial charge < -0.3 is 16.4 Å². The molecule has 0 aromatic carbocycles. The summed E-state index contributed by atoms with van der Waals surface area (Å²) in [5.41, 5.74) is 10.8. The van der Waals surface area contributed by atoms with E-state index in [1.807, 2.05) is 11.8 Å². The number of hydrogen-bond donors (Lipinski definition) is 2. The Balaban J connectivity index is 2.39. The minimum Gasteiger partial charge on any atom is -0.340 e. The van der Waals surface area contributed by atoms with Crippen molar-refractivity contribution in [3.05, 3.63) is 0 Å². The topological polar surface area (TPSA) is 72.3 Å². The number of carbonyl (C=O) groups excluding carboxylic acids is 1. The summed E-state index contributed by atoms with van der Waals surface area (Å²) in [6, 6.07) is -0.506. The summed E-state index contributed by atoms with van der Waals surface area (Å²) in [5, 5.41) is 0. The Morgan fingerprint density at radius 3 is 2.58 bits per heavy atom. The zero-order valence-corrected chi connectivity index (χ0v) is 7.85. The van der Waals surface area contributed by atoms with Crippen molar-refractivity contribution in [1.82, 2.24) is 4.90 Å². The van der Waals surface area contributed by atoms with Crippen LogP contribution in [0.3, 0.4) is 0 Å². The van der Waals surface area contributed by atoms with Gasteiger partial charge in [0, 0.05) is 31.1 Å². The monoisotopic (exact) mass is 189 g/mol. The van der Waals surface area contributed by atoms with Crippen molar-refractivity contribution in [2.75, 3.05) is 31.1 Å². The summed E-state index contributed by atoms with van der Waals surface area (Å²) >= 11 is 1.87. The lowest BCUT2D eigenvalue weighted by atomic mass is 10.2. The van der Waals surface area contributed by atoms with Gasteiger partial charge in [0.2, 0.25) is 5.91 Å². The van der Waals surface area contributed by atoms with Crippen molar-refractivity contribution in [1.29, 1.82) is 0 Å². The van der Waals surface area contributed by atoms with Gasteiger partial charge in [-0.05, 0) is 0 Å². The maximum absolute atomic E-state index is 11.4. The molecule has 4 N–H and O–H groups in total. The zero-order chi connectivity index (χ0) is 8.97. The van der Waals surface area contributed by atoms with E-state index >= 15 is 0 Å². The van der Waals surface area contributed by atoms with Gasteiger partial charge in [0.1, 0.15) is 0 Å². The molecule has 1 atom stereocenters. The average molecular weight is 189 g/mol.